The number of rotatable bonds is 5. The molecule has 3 rings (SSSR count). The zero-order chi connectivity index (χ0) is 13.9. The van der Waals surface area contributed by atoms with Crippen LogP contribution >= 0.6 is 11.3 Å². The molecule has 3 N–H and O–H groups in total. The van der Waals surface area contributed by atoms with E-state index in [-0.39, 0.29) is 6.61 Å². The standard InChI is InChI=1S/C15H17N3OS/c16-12-5-1-6-13-15(12)17-14(18(13)7-3-8-19)10-11-4-2-9-20-11/h1-2,4-6,9,19H,3,7-8,10,16H2. The number of nitrogens with two attached hydrogens (primary N) is 1. The number of nitrogens with zero attached hydrogens (tertiary/aromatic N) is 2. The highest BCUT2D eigenvalue weighted by molar-refractivity contribution is 7.09. The van der Waals surface area contributed by atoms with Gasteiger partial charge in [-0.25, -0.2) is 4.98 Å². The average Bonchev–Trinajstić information content (AvgIpc) is 3.06. The van der Waals surface area contributed by atoms with Crippen LogP contribution in [0.25, 0.3) is 11.0 Å². The van der Waals surface area contributed by atoms with Crippen molar-refractivity contribution < 1.29 is 5.11 Å². The predicted molar refractivity (Wildman–Crippen MR) is 83.0 cm³/mol. The maximum atomic E-state index is 9.08. The summed E-state index contributed by atoms with van der Waals surface area (Å²) in [5.41, 5.74) is 8.63. The number of benzene rings is 1. The number of imidazole rings is 1. The van der Waals surface area contributed by atoms with Crippen LogP contribution < -0.4 is 5.73 Å². The molecular formula is C15H17N3OS. The fraction of sp³-hybridized carbons (Fsp3) is 0.267. The number of aliphatic hydroxyl groups is 1. The lowest BCUT2D eigenvalue weighted by atomic mass is 10.2. The molecular weight excluding hydrogens is 270 g/mol. The van der Waals surface area contributed by atoms with Crippen molar-refractivity contribution in [2.75, 3.05) is 12.3 Å². The molecule has 104 valence electrons. The molecule has 0 aliphatic carbocycles. The molecule has 0 atom stereocenters. The molecule has 1 aromatic carbocycles. The molecule has 0 unspecified atom stereocenters. The fourth-order valence-electron chi connectivity index (χ4n) is 2.40. The molecule has 0 fully saturated rings. The number of aryl methyl sites for hydroxylation is 1. The molecule has 0 amide bonds. The van der Waals surface area contributed by atoms with Crippen molar-refractivity contribution in [2.45, 2.75) is 19.4 Å². The summed E-state index contributed by atoms with van der Waals surface area (Å²) >= 11 is 1.73. The first kappa shape index (κ1) is 13.1. The summed E-state index contributed by atoms with van der Waals surface area (Å²) in [6, 6.07) is 10.0. The Kier molecular flexibility index (Phi) is 3.71. The highest BCUT2D eigenvalue weighted by Gasteiger charge is 2.13. The van der Waals surface area contributed by atoms with Gasteiger partial charge in [-0.2, -0.15) is 0 Å². The first-order chi connectivity index (χ1) is 9.79. The highest BCUT2D eigenvalue weighted by atomic mass is 32.1. The van der Waals surface area contributed by atoms with Gasteiger partial charge in [0.25, 0.3) is 0 Å². The molecule has 0 aliphatic rings. The third kappa shape index (κ3) is 2.42. The van der Waals surface area contributed by atoms with Crippen LogP contribution in [0, 0.1) is 0 Å². The van der Waals surface area contributed by atoms with Crippen LogP contribution in [-0.2, 0) is 13.0 Å². The Hall–Kier alpha value is -1.85. The number of para-hydroxylation sites is 1. The van der Waals surface area contributed by atoms with E-state index in [4.69, 9.17) is 15.8 Å². The van der Waals surface area contributed by atoms with E-state index in [1.165, 1.54) is 4.88 Å². The van der Waals surface area contributed by atoms with E-state index in [9.17, 15) is 0 Å². The third-order valence-electron chi connectivity index (χ3n) is 3.34. The van der Waals surface area contributed by atoms with E-state index >= 15 is 0 Å². The Labute approximate surface area is 121 Å². The van der Waals surface area contributed by atoms with Crippen LogP contribution in [0.5, 0.6) is 0 Å². The van der Waals surface area contributed by atoms with Gasteiger partial charge in [-0.05, 0) is 30.0 Å². The van der Waals surface area contributed by atoms with E-state index in [1.807, 2.05) is 18.2 Å². The second-order valence-electron chi connectivity index (χ2n) is 4.73. The number of anilines is 1. The molecule has 0 saturated carbocycles. The number of aromatic nitrogens is 2. The van der Waals surface area contributed by atoms with E-state index in [0.29, 0.717) is 5.69 Å². The number of hydrogen-bond acceptors (Lipinski definition) is 4. The summed E-state index contributed by atoms with van der Waals surface area (Å²) in [7, 11) is 0. The lowest BCUT2D eigenvalue weighted by Crippen LogP contribution is -2.05. The first-order valence-electron chi connectivity index (χ1n) is 6.66. The maximum Gasteiger partial charge on any atom is 0.115 e. The maximum absolute atomic E-state index is 9.08. The lowest BCUT2D eigenvalue weighted by Gasteiger charge is -2.07. The second kappa shape index (κ2) is 5.64. The number of thiophene rings is 1. The van der Waals surface area contributed by atoms with Gasteiger partial charge in [0.1, 0.15) is 11.3 Å². The van der Waals surface area contributed by atoms with Crippen molar-refractivity contribution in [3.63, 3.8) is 0 Å². The van der Waals surface area contributed by atoms with Crippen molar-refractivity contribution in [3.8, 4) is 0 Å². The largest absolute Gasteiger partial charge is 0.397 e. The zero-order valence-corrected chi connectivity index (χ0v) is 11.9. The van der Waals surface area contributed by atoms with Gasteiger partial charge >= 0.3 is 0 Å². The minimum Gasteiger partial charge on any atom is -0.397 e. The molecule has 4 nitrogen and oxygen atoms in total. The van der Waals surface area contributed by atoms with Crippen molar-refractivity contribution in [1.82, 2.24) is 9.55 Å². The summed E-state index contributed by atoms with van der Waals surface area (Å²) in [5, 5.41) is 11.2. The van der Waals surface area contributed by atoms with E-state index < -0.39 is 0 Å². The van der Waals surface area contributed by atoms with Crippen LogP contribution in [0.3, 0.4) is 0 Å². The molecule has 3 aromatic rings. The highest BCUT2D eigenvalue weighted by Crippen LogP contribution is 2.24. The normalized spacial score (nSPS) is 11.2. The van der Waals surface area contributed by atoms with Crippen LogP contribution in [0.2, 0.25) is 0 Å². The van der Waals surface area contributed by atoms with Crippen molar-refractivity contribution in [3.05, 3.63) is 46.4 Å². The minimum absolute atomic E-state index is 0.181. The molecule has 5 heteroatoms. The van der Waals surface area contributed by atoms with Gasteiger partial charge < -0.3 is 15.4 Å². The number of hydrogen-bond donors (Lipinski definition) is 2. The van der Waals surface area contributed by atoms with Crippen LogP contribution in [0.1, 0.15) is 17.1 Å². The van der Waals surface area contributed by atoms with Crippen LogP contribution in [0.15, 0.2) is 35.7 Å². The SMILES string of the molecule is Nc1cccc2c1nc(Cc1cccs1)n2CCCO. The molecule has 20 heavy (non-hydrogen) atoms. The molecule has 0 aliphatic heterocycles. The number of aliphatic hydroxyl groups excluding tert-OH is 1. The molecule has 2 heterocycles. The fourth-order valence-corrected chi connectivity index (χ4v) is 3.10. The second-order valence-corrected chi connectivity index (χ2v) is 5.76. The van der Waals surface area contributed by atoms with E-state index in [1.54, 1.807) is 11.3 Å². The van der Waals surface area contributed by atoms with E-state index in [0.717, 1.165) is 36.2 Å². The van der Waals surface area contributed by atoms with Gasteiger partial charge in [-0.1, -0.05) is 12.1 Å². The number of nitrogen functional groups attached to an aromatic ring is 1. The Morgan fingerprint density at radius 2 is 2.15 bits per heavy atom. The Morgan fingerprint density at radius 3 is 2.90 bits per heavy atom. The van der Waals surface area contributed by atoms with Gasteiger partial charge in [0.2, 0.25) is 0 Å². The van der Waals surface area contributed by atoms with Crippen molar-refractivity contribution in [1.29, 1.82) is 0 Å². The minimum atomic E-state index is 0.181. The topological polar surface area (TPSA) is 64.1 Å². The van der Waals surface area contributed by atoms with Crippen LogP contribution in [0.4, 0.5) is 5.69 Å². The zero-order valence-electron chi connectivity index (χ0n) is 11.1. The van der Waals surface area contributed by atoms with Gasteiger partial charge in [-0.15, -0.1) is 11.3 Å². The third-order valence-corrected chi connectivity index (χ3v) is 4.22. The summed E-state index contributed by atoms with van der Waals surface area (Å²) in [5.74, 6) is 1.01. The van der Waals surface area contributed by atoms with E-state index in [2.05, 4.69) is 22.1 Å². The average molecular weight is 287 g/mol. The Balaban J connectivity index is 2.06. The Morgan fingerprint density at radius 1 is 1.25 bits per heavy atom. The molecule has 0 radical (unpaired) electrons. The molecule has 0 spiro atoms. The smallest absolute Gasteiger partial charge is 0.115 e. The van der Waals surface area contributed by atoms with Gasteiger partial charge in [0.05, 0.1) is 11.2 Å². The summed E-state index contributed by atoms with van der Waals surface area (Å²) in [4.78, 5) is 5.98. The predicted octanol–water partition coefficient (Wildman–Crippen LogP) is 2.65. The van der Waals surface area contributed by atoms with Crippen molar-refractivity contribution >= 4 is 28.1 Å². The van der Waals surface area contributed by atoms with Gasteiger partial charge in [0, 0.05) is 24.4 Å². The van der Waals surface area contributed by atoms with Crippen LogP contribution in [-0.4, -0.2) is 21.3 Å². The monoisotopic (exact) mass is 287 g/mol. The first-order valence-corrected chi connectivity index (χ1v) is 7.54. The number of fused-ring (bicyclic) bond motifs is 1. The molecule has 0 bridgehead atoms. The van der Waals surface area contributed by atoms with Crippen molar-refractivity contribution in [2.24, 2.45) is 0 Å². The summed E-state index contributed by atoms with van der Waals surface area (Å²) in [6.45, 7) is 0.942. The lowest BCUT2D eigenvalue weighted by molar-refractivity contribution is 0.280. The summed E-state index contributed by atoms with van der Waals surface area (Å²) in [6.07, 6.45) is 1.52. The quantitative estimate of drug-likeness (QED) is 0.709. The Bertz CT molecular complexity index is 703. The summed E-state index contributed by atoms with van der Waals surface area (Å²) < 4.78 is 2.17. The molecule has 2 aromatic heterocycles. The molecule has 0 saturated heterocycles. The van der Waals surface area contributed by atoms with Gasteiger partial charge in [0.15, 0.2) is 0 Å². The van der Waals surface area contributed by atoms with Gasteiger partial charge in [-0.3, -0.25) is 0 Å².